The van der Waals surface area contributed by atoms with Crippen molar-refractivity contribution >= 4 is 11.9 Å². The number of rotatable bonds is 5. The molecule has 4 N–H and O–H groups in total. The van der Waals surface area contributed by atoms with Crippen molar-refractivity contribution in [3.8, 4) is 0 Å². The Bertz CT molecular complexity index is 250. The van der Waals surface area contributed by atoms with Crippen LogP contribution in [0.15, 0.2) is 5.16 Å². The molecule has 0 radical (unpaired) electrons. The number of amidine groups is 1. The van der Waals surface area contributed by atoms with E-state index in [2.05, 4.69) is 10.5 Å². The van der Waals surface area contributed by atoms with Gasteiger partial charge in [-0.25, -0.2) is 4.79 Å². The van der Waals surface area contributed by atoms with Crippen LogP contribution in [-0.4, -0.2) is 41.1 Å². The highest BCUT2D eigenvalue weighted by Gasteiger charge is 2.32. The van der Waals surface area contributed by atoms with E-state index in [-0.39, 0.29) is 11.9 Å². The van der Waals surface area contributed by atoms with Gasteiger partial charge in [0, 0.05) is 25.6 Å². The number of hydrogen-bond acceptors (Lipinski definition) is 3. The molecule has 0 atom stereocenters. The molecule has 15 heavy (non-hydrogen) atoms. The number of carbonyl (C=O) groups excluding carboxylic acids is 1. The Hall–Kier alpha value is -1.46. The van der Waals surface area contributed by atoms with E-state index in [4.69, 9.17) is 10.9 Å². The van der Waals surface area contributed by atoms with E-state index < -0.39 is 0 Å². The first-order valence-electron chi connectivity index (χ1n) is 5.20. The molecule has 86 valence electrons. The summed E-state index contributed by atoms with van der Waals surface area (Å²) in [6, 6.07) is 0.272. The van der Waals surface area contributed by atoms with Gasteiger partial charge in [-0.3, -0.25) is 0 Å². The fourth-order valence-electron chi connectivity index (χ4n) is 1.37. The van der Waals surface area contributed by atoms with E-state index in [1.165, 1.54) is 0 Å². The standard InChI is InChI=1S/C9H18N4O2/c1-2-11-9(14)13(7-3-4-7)6-5-8(10)12-15/h7,15H,2-6H2,1H3,(H2,10,12)(H,11,14). The van der Waals surface area contributed by atoms with Crippen molar-refractivity contribution in [1.29, 1.82) is 0 Å². The quantitative estimate of drug-likeness (QED) is 0.266. The first-order chi connectivity index (χ1) is 7.19. The zero-order valence-electron chi connectivity index (χ0n) is 8.94. The maximum atomic E-state index is 11.6. The first-order valence-corrected chi connectivity index (χ1v) is 5.20. The number of nitrogens with two attached hydrogens (primary N) is 1. The monoisotopic (exact) mass is 214 g/mol. The second-order valence-corrected chi connectivity index (χ2v) is 3.60. The zero-order valence-corrected chi connectivity index (χ0v) is 8.94. The molecule has 1 saturated carbocycles. The largest absolute Gasteiger partial charge is 0.409 e. The summed E-state index contributed by atoms with van der Waals surface area (Å²) >= 11 is 0. The van der Waals surface area contributed by atoms with Crippen LogP contribution >= 0.6 is 0 Å². The van der Waals surface area contributed by atoms with Gasteiger partial charge in [-0.15, -0.1) is 0 Å². The van der Waals surface area contributed by atoms with Gasteiger partial charge in [0.15, 0.2) is 0 Å². The molecular weight excluding hydrogens is 196 g/mol. The Morgan fingerprint density at radius 1 is 1.67 bits per heavy atom. The topological polar surface area (TPSA) is 91.0 Å². The minimum atomic E-state index is -0.0641. The van der Waals surface area contributed by atoms with E-state index >= 15 is 0 Å². The summed E-state index contributed by atoms with van der Waals surface area (Å²) in [5.74, 6) is 0.157. The molecule has 0 bridgehead atoms. The maximum Gasteiger partial charge on any atom is 0.317 e. The van der Waals surface area contributed by atoms with Crippen molar-refractivity contribution in [3.63, 3.8) is 0 Å². The normalized spacial score (nSPS) is 16.2. The summed E-state index contributed by atoms with van der Waals surface area (Å²) in [5.41, 5.74) is 5.36. The van der Waals surface area contributed by atoms with Gasteiger partial charge in [-0.05, 0) is 19.8 Å². The predicted octanol–water partition coefficient (Wildman–Crippen LogP) is 0.317. The third-order valence-corrected chi connectivity index (χ3v) is 2.31. The first kappa shape index (κ1) is 11.6. The van der Waals surface area contributed by atoms with Crippen LogP contribution in [0.5, 0.6) is 0 Å². The Balaban J connectivity index is 2.40. The van der Waals surface area contributed by atoms with Gasteiger partial charge in [-0.1, -0.05) is 5.16 Å². The summed E-state index contributed by atoms with van der Waals surface area (Å²) in [5, 5.41) is 14.0. The number of urea groups is 1. The van der Waals surface area contributed by atoms with Gasteiger partial charge in [0.1, 0.15) is 5.84 Å². The highest BCUT2D eigenvalue weighted by atomic mass is 16.4. The second-order valence-electron chi connectivity index (χ2n) is 3.60. The van der Waals surface area contributed by atoms with Crippen molar-refractivity contribution in [1.82, 2.24) is 10.2 Å². The van der Waals surface area contributed by atoms with Gasteiger partial charge in [0.05, 0.1) is 0 Å². The molecule has 1 aliphatic rings. The molecule has 6 nitrogen and oxygen atoms in total. The van der Waals surface area contributed by atoms with Gasteiger partial charge in [0.25, 0.3) is 0 Å². The van der Waals surface area contributed by atoms with Crippen LogP contribution in [0.3, 0.4) is 0 Å². The third kappa shape index (κ3) is 3.65. The fourth-order valence-corrected chi connectivity index (χ4v) is 1.37. The maximum absolute atomic E-state index is 11.6. The Morgan fingerprint density at radius 2 is 2.33 bits per heavy atom. The number of hydrogen-bond donors (Lipinski definition) is 3. The Labute approximate surface area is 89.1 Å². The van der Waals surface area contributed by atoms with Gasteiger partial charge >= 0.3 is 6.03 Å². The van der Waals surface area contributed by atoms with Crippen LogP contribution in [0.2, 0.25) is 0 Å². The molecule has 0 aromatic rings. The van der Waals surface area contributed by atoms with E-state index in [9.17, 15) is 4.79 Å². The van der Waals surface area contributed by atoms with Crippen LogP contribution in [-0.2, 0) is 0 Å². The number of nitrogens with one attached hydrogen (secondary N) is 1. The molecule has 0 spiro atoms. The van der Waals surface area contributed by atoms with Crippen LogP contribution in [0.1, 0.15) is 26.2 Å². The molecule has 1 fully saturated rings. The van der Waals surface area contributed by atoms with Gasteiger partial charge in [0.2, 0.25) is 0 Å². The fraction of sp³-hybridized carbons (Fsp3) is 0.778. The molecule has 1 rings (SSSR count). The third-order valence-electron chi connectivity index (χ3n) is 2.31. The van der Waals surface area contributed by atoms with E-state index in [0.29, 0.717) is 25.6 Å². The van der Waals surface area contributed by atoms with Crippen molar-refractivity contribution in [2.45, 2.75) is 32.2 Å². The van der Waals surface area contributed by atoms with Gasteiger partial charge < -0.3 is 21.2 Å². The molecule has 0 aromatic heterocycles. The summed E-state index contributed by atoms with van der Waals surface area (Å²) in [6.45, 7) is 3.00. The zero-order chi connectivity index (χ0) is 11.3. The highest BCUT2D eigenvalue weighted by Crippen LogP contribution is 2.26. The molecule has 2 amide bonds. The Morgan fingerprint density at radius 3 is 2.80 bits per heavy atom. The average molecular weight is 214 g/mol. The van der Waals surface area contributed by atoms with E-state index in [1.54, 1.807) is 4.90 Å². The van der Waals surface area contributed by atoms with Crippen molar-refractivity contribution in [2.24, 2.45) is 10.9 Å². The smallest absolute Gasteiger partial charge is 0.317 e. The number of oxime groups is 1. The molecular formula is C9H18N4O2. The molecule has 0 saturated heterocycles. The number of amides is 2. The predicted molar refractivity (Wildman–Crippen MR) is 56.8 cm³/mol. The average Bonchev–Trinajstić information content (AvgIpc) is 3.02. The van der Waals surface area contributed by atoms with Crippen LogP contribution in [0.4, 0.5) is 4.79 Å². The van der Waals surface area contributed by atoms with Crippen LogP contribution in [0.25, 0.3) is 0 Å². The van der Waals surface area contributed by atoms with Gasteiger partial charge in [-0.2, -0.15) is 0 Å². The number of carbonyl (C=O) groups is 1. The minimum Gasteiger partial charge on any atom is -0.409 e. The molecule has 0 aromatic carbocycles. The van der Waals surface area contributed by atoms with Crippen LogP contribution < -0.4 is 11.1 Å². The molecule has 0 aliphatic heterocycles. The summed E-state index contributed by atoms with van der Waals surface area (Å²) in [6.07, 6.45) is 2.50. The summed E-state index contributed by atoms with van der Waals surface area (Å²) in [4.78, 5) is 13.3. The molecule has 0 unspecified atom stereocenters. The van der Waals surface area contributed by atoms with Crippen LogP contribution in [0, 0.1) is 0 Å². The van der Waals surface area contributed by atoms with Crippen molar-refractivity contribution in [2.75, 3.05) is 13.1 Å². The molecule has 0 heterocycles. The minimum absolute atomic E-state index is 0.0641. The molecule has 1 aliphatic carbocycles. The van der Waals surface area contributed by atoms with Crippen molar-refractivity contribution < 1.29 is 10.0 Å². The van der Waals surface area contributed by atoms with E-state index in [1.807, 2.05) is 6.92 Å². The molecule has 6 heteroatoms. The lowest BCUT2D eigenvalue weighted by molar-refractivity contribution is 0.196. The highest BCUT2D eigenvalue weighted by molar-refractivity contribution is 5.81. The lowest BCUT2D eigenvalue weighted by Gasteiger charge is -2.22. The SMILES string of the molecule is CCNC(=O)N(CCC(N)=NO)C1CC1. The van der Waals surface area contributed by atoms with E-state index in [0.717, 1.165) is 12.8 Å². The van der Waals surface area contributed by atoms with Crippen molar-refractivity contribution in [3.05, 3.63) is 0 Å². The Kier molecular flexibility index (Phi) is 4.20. The summed E-state index contributed by atoms with van der Waals surface area (Å²) < 4.78 is 0. The second kappa shape index (κ2) is 5.43. The number of nitrogens with zero attached hydrogens (tertiary/aromatic N) is 2. The lowest BCUT2D eigenvalue weighted by Crippen LogP contribution is -2.42. The lowest BCUT2D eigenvalue weighted by atomic mass is 10.3. The summed E-state index contributed by atoms with van der Waals surface area (Å²) in [7, 11) is 0.